The van der Waals surface area contributed by atoms with Crippen molar-refractivity contribution in [2.45, 2.75) is 38.7 Å². The van der Waals surface area contributed by atoms with Gasteiger partial charge in [0.05, 0.1) is 11.1 Å². The maximum Gasteiger partial charge on any atom is 0.387 e. The molecule has 0 saturated carbocycles. The van der Waals surface area contributed by atoms with Crippen molar-refractivity contribution in [1.82, 2.24) is 9.97 Å². The molecule has 1 aliphatic carbocycles. The summed E-state index contributed by atoms with van der Waals surface area (Å²) in [4.78, 5) is 23.1. The summed E-state index contributed by atoms with van der Waals surface area (Å²) in [7, 11) is 0. The molecule has 0 radical (unpaired) electrons. The van der Waals surface area contributed by atoms with Gasteiger partial charge in [-0.1, -0.05) is 18.6 Å². The van der Waals surface area contributed by atoms with E-state index in [1.807, 2.05) is 0 Å². The minimum Gasteiger partial charge on any atom is -0.467 e. The average molecular weight is 419 g/mol. The highest BCUT2D eigenvalue weighted by molar-refractivity contribution is 7.18. The molecular weight excluding hydrogens is 400 g/mol. The van der Waals surface area contributed by atoms with Gasteiger partial charge < -0.3 is 14.8 Å². The fourth-order valence-corrected chi connectivity index (χ4v) is 4.66. The van der Waals surface area contributed by atoms with E-state index in [4.69, 9.17) is 4.74 Å². The molecule has 2 aromatic heterocycles. The lowest BCUT2D eigenvalue weighted by atomic mass is 10.1. The first-order chi connectivity index (χ1) is 14.1. The second kappa shape index (κ2) is 8.69. The van der Waals surface area contributed by atoms with Crippen molar-refractivity contribution in [3.63, 3.8) is 0 Å². The Labute approximate surface area is 169 Å². The first-order valence-corrected chi connectivity index (χ1v) is 10.1. The molecule has 1 N–H and O–H groups in total. The monoisotopic (exact) mass is 419 g/mol. The maximum absolute atomic E-state index is 12.5. The molecule has 2 heterocycles. The summed E-state index contributed by atoms with van der Waals surface area (Å²) in [6.45, 7) is -3.29. The van der Waals surface area contributed by atoms with Gasteiger partial charge in [0, 0.05) is 4.88 Å². The molecule has 0 fully saturated rings. The maximum atomic E-state index is 12.5. The zero-order valence-corrected chi connectivity index (χ0v) is 16.3. The number of rotatable bonds is 6. The first-order valence-electron chi connectivity index (χ1n) is 9.33. The minimum absolute atomic E-state index is 0.108. The van der Waals surface area contributed by atoms with Crippen LogP contribution in [0.3, 0.4) is 0 Å². The van der Waals surface area contributed by atoms with E-state index in [-0.39, 0.29) is 18.0 Å². The zero-order chi connectivity index (χ0) is 20.2. The van der Waals surface area contributed by atoms with Gasteiger partial charge in [0.2, 0.25) is 5.88 Å². The van der Waals surface area contributed by atoms with Gasteiger partial charge in [-0.25, -0.2) is 9.97 Å². The zero-order valence-electron chi connectivity index (χ0n) is 15.5. The molecule has 0 bridgehead atoms. The first kappa shape index (κ1) is 19.5. The molecule has 1 amide bonds. The minimum atomic E-state index is -2.98. The predicted molar refractivity (Wildman–Crippen MR) is 106 cm³/mol. The predicted octanol–water partition coefficient (Wildman–Crippen LogP) is 4.58. The van der Waals surface area contributed by atoms with Gasteiger partial charge in [-0.05, 0) is 43.4 Å². The number of para-hydroxylation sites is 2. The summed E-state index contributed by atoms with van der Waals surface area (Å²) in [6.07, 6.45) is 6.85. The number of hydrogen-bond acceptors (Lipinski definition) is 6. The Hall–Kier alpha value is -2.81. The van der Waals surface area contributed by atoms with Gasteiger partial charge in [0.15, 0.2) is 6.61 Å². The molecule has 0 saturated heterocycles. The lowest BCUT2D eigenvalue weighted by molar-refractivity contribution is -0.118. The summed E-state index contributed by atoms with van der Waals surface area (Å²) >= 11 is 1.65. The van der Waals surface area contributed by atoms with Crippen molar-refractivity contribution in [2.24, 2.45) is 0 Å². The molecule has 6 nitrogen and oxygen atoms in total. The largest absolute Gasteiger partial charge is 0.467 e. The molecule has 4 rings (SSSR count). The lowest BCUT2D eigenvalue weighted by Crippen LogP contribution is -2.21. The number of nitrogens with zero attached hydrogens (tertiary/aromatic N) is 2. The number of aryl methyl sites for hydroxylation is 2. The Kier molecular flexibility index (Phi) is 5.84. The van der Waals surface area contributed by atoms with Crippen LogP contribution in [0.5, 0.6) is 11.6 Å². The normalized spacial score (nSPS) is 13.8. The van der Waals surface area contributed by atoms with Crippen molar-refractivity contribution < 1.29 is 23.0 Å². The number of hydrogen-bond donors (Lipinski definition) is 1. The third kappa shape index (κ3) is 4.45. The standard InChI is InChI=1S/C20H19F2N3O3S/c21-20(22)28-14-8-5-4-7-13(14)25-16(26)10-27-18-17-12-6-2-1-3-9-15(12)29-19(17)24-11-23-18/h4-5,7-8,11,20H,1-3,6,9-10H2,(H,25,26). The summed E-state index contributed by atoms with van der Waals surface area (Å²) in [5.74, 6) is -0.228. The van der Waals surface area contributed by atoms with E-state index in [9.17, 15) is 13.6 Å². The fraction of sp³-hybridized carbons (Fsp3) is 0.350. The molecule has 3 aromatic rings. The van der Waals surface area contributed by atoms with Crippen molar-refractivity contribution in [1.29, 1.82) is 0 Å². The molecule has 0 atom stereocenters. The molecule has 0 aliphatic heterocycles. The number of thiophene rings is 1. The van der Waals surface area contributed by atoms with E-state index >= 15 is 0 Å². The number of benzene rings is 1. The smallest absolute Gasteiger partial charge is 0.387 e. The summed E-state index contributed by atoms with van der Waals surface area (Å²) < 4.78 is 35.2. The van der Waals surface area contributed by atoms with Crippen LogP contribution in [-0.2, 0) is 17.6 Å². The second-order valence-corrected chi connectivity index (χ2v) is 7.72. The third-order valence-corrected chi connectivity index (χ3v) is 5.88. The topological polar surface area (TPSA) is 73.3 Å². The second-order valence-electron chi connectivity index (χ2n) is 6.63. The number of carbonyl (C=O) groups excluding carboxylic acids is 1. The number of halogens is 2. The molecule has 1 aromatic carbocycles. The highest BCUT2D eigenvalue weighted by Gasteiger charge is 2.20. The van der Waals surface area contributed by atoms with E-state index in [2.05, 4.69) is 20.0 Å². The molecular formula is C20H19F2N3O3S. The Morgan fingerprint density at radius 1 is 1.17 bits per heavy atom. The average Bonchev–Trinajstić information content (AvgIpc) is 2.89. The highest BCUT2D eigenvalue weighted by Crippen LogP contribution is 2.38. The van der Waals surface area contributed by atoms with Gasteiger partial charge in [-0.3, -0.25) is 4.79 Å². The van der Waals surface area contributed by atoms with Gasteiger partial charge in [-0.15, -0.1) is 11.3 Å². The van der Waals surface area contributed by atoms with Crippen LogP contribution >= 0.6 is 11.3 Å². The molecule has 1 aliphatic rings. The summed E-state index contributed by atoms with van der Waals surface area (Å²) in [6, 6.07) is 6.00. The van der Waals surface area contributed by atoms with E-state index < -0.39 is 12.5 Å². The number of nitrogens with one attached hydrogen (secondary N) is 1. The Bertz CT molecular complexity index is 1030. The van der Waals surface area contributed by atoms with Crippen molar-refractivity contribution in [3.05, 3.63) is 41.0 Å². The number of fused-ring (bicyclic) bond motifs is 3. The van der Waals surface area contributed by atoms with Crippen molar-refractivity contribution >= 4 is 33.1 Å². The van der Waals surface area contributed by atoms with E-state index in [1.165, 1.54) is 35.3 Å². The van der Waals surface area contributed by atoms with E-state index in [0.29, 0.717) is 5.88 Å². The van der Waals surface area contributed by atoms with Crippen LogP contribution in [0, 0.1) is 0 Å². The van der Waals surface area contributed by atoms with Crippen LogP contribution in [0.4, 0.5) is 14.5 Å². The number of ether oxygens (including phenoxy) is 2. The summed E-state index contributed by atoms with van der Waals surface area (Å²) in [5.41, 5.74) is 1.37. The van der Waals surface area contributed by atoms with E-state index in [0.717, 1.165) is 35.9 Å². The quantitative estimate of drug-likeness (QED) is 0.592. The fourth-order valence-electron chi connectivity index (χ4n) is 3.44. The van der Waals surface area contributed by atoms with Crippen LogP contribution < -0.4 is 14.8 Å². The van der Waals surface area contributed by atoms with Crippen LogP contribution in [0.1, 0.15) is 29.7 Å². The van der Waals surface area contributed by atoms with Gasteiger partial charge in [0.25, 0.3) is 5.91 Å². The van der Waals surface area contributed by atoms with Crippen LogP contribution in [0.25, 0.3) is 10.2 Å². The number of carbonyl (C=O) groups is 1. The molecule has 9 heteroatoms. The van der Waals surface area contributed by atoms with Gasteiger partial charge in [-0.2, -0.15) is 8.78 Å². The van der Waals surface area contributed by atoms with Crippen LogP contribution in [0.15, 0.2) is 30.6 Å². The van der Waals surface area contributed by atoms with Crippen molar-refractivity contribution in [2.75, 3.05) is 11.9 Å². The molecule has 152 valence electrons. The van der Waals surface area contributed by atoms with Gasteiger partial charge in [0.1, 0.15) is 16.9 Å². The SMILES string of the molecule is O=C(COc1ncnc2sc3c(c12)CCCCC3)Nc1ccccc1OC(F)F. The Balaban J connectivity index is 1.49. The van der Waals surface area contributed by atoms with Crippen molar-refractivity contribution in [3.8, 4) is 11.6 Å². The van der Waals surface area contributed by atoms with Gasteiger partial charge >= 0.3 is 6.61 Å². The van der Waals surface area contributed by atoms with Crippen LogP contribution in [0.2, 0.25) is 0 Å². The van der Waals surface area contributed by atoms with Crippen LogP contribution in [-0.4, -0.2) is 29.1 Å². The number of alkyl halides is 2. The Morgan fingerprint density at radius 2 is 2.00 bits per heavy atom. The van der Waals surface area contributed by atoms with E-state index in [1.54, 1.807) is 23.5 Å². The molecule has 29 heavy (non-hydrogen) atoms. The number of anilines is 1. The number of amides is 1. The molecule has 0 unspecified atom stereocenters. The highest BCUT2D eigenvalue weighted by atomic mass is 32.1. The lowest BCUT2D eigenvalue weighted by Gasteiger charge is -2.12. The third-order valence-electron chi connectivity index (χ3n) is 4.68. The summed E-state index contributed by atoms with van der Waals surface area (Å²) in [5, 5.41) is 3.42. The molecule has 0 spiro atoms. The number of aromatic nitrogens is 2. The Morgan fingerprint density at radius 3 is 2.86 bits per heavy atom.